The molecule has 0 saturated heterocycles. The van der Waals surface area contributed by atoms with E-state index in [9.17, 15) is 13.2 Å². The van der Waals surface area contributed by atoms with E-state index in [0.717, 1.165) is 12.1 Å². The Bertz CT molecular complexity index is 600. The Morgan fingerprint density at radius 3 is 2.30 bits per heavy atom. The molecule has 0 bridgehead atoms. The molecule has 2 rings (SSSR count). The van der Waals surface area contributed by atoms with Crippen molar-refractivity contribution in [3.63, 3.8) is 0 Å². The first-order chi connectivity index (χ1) is 9.40. The van der Waals surface area contributed by atoms with Gasteiger partial charge in [0, 0.05) is 6.07 Å². The van der Waals surface area contributed by atoms with E-state index in [-0.39, 0.29) is 29.0 Å². The van der Waals surface area contributed by atoms with Gasteiger partial charge >= 0.3 is 6.18 Å². The van der Waals surface area contributed by atoms with Gasteiger partial charge in [-0.1, -0.05) is 11.6 Å². The van der Waals surface area contributed by atoms with Crippen LogP contribution in [0.3, 0.4) is 0 Å². The molecule has 1 N–H and O–H groups in total. The lowest BCUT2D eigenvalue weighted by Gasteiger charge is -2.09. The molecule has 0 fully saturated rings. The lowest BCUT2D eigenvalue weighted by molar-refractivity contribution is -0.137. The molecule has 20 heavy (non-hydrogen) atoms. The normalized spacial score (nSPS) is 11.4. The van der Waals surface area contributed by atoms with Gasteiger partial charge < -0.3 is 9.84 Å². The number of benzene rings is 1. The molecule has 106 valence electrons. The number of hydrogen-bond donors (Lipinski definition) is 1. The van der Waals surface area contributed by atoms with E-state index in [0.29, 0.717) is 0 Å². The number of aliphatic hydroxyl groups excluding tert-OH is 1. The summed E-state index contributed by atoms with van der Waals surface area (Å²) >= 11 is 5.77. The van der Waals surface area contributed by atoms with Crippen molar-refractivity contribution in [3.8, 4) is 11.6 Å². The van der Waals surface area contributed by atoms with Gasteiger partial charge in [-0.2, -0.15) is 13.2 Å². The molecule has 0 atom stereocenters. The van der Waals surface area contributed by atoms with Gasteiger partial charge in [-0.05, 0) is 30.3 Å². The van der Waals surface area contributed by atoms with Gasteiger partial charge in [-0.25, -0.2) is 4.98 Å². The number of rotatable bonds is 3. The fraction of sp³-hybridized carbons (Fsp3) is 0.154. The monoisotopic (exact) mass is 303 g/mol. The zero-order chi connectivity index (χ0) is 14.8. The highest BCUT2D eigenvalue weighted by atomic mass is 35.5. The van der Waals surface area contributed by atoms with E-state index in [1.54, 1.807) is 0 Å². The Morgan fingerprint density at radius 1 is 1.10 bits per heavy atom. The van der Waals surface area contributed by atoms with Crippen LogP contribution in [0, 0.1) is 0 Å². The van der Waals surface area contributed by atoms with Crippen LogP contribution in [0.1, 0.15) is 11.3 Å². The number of halogens is 4. The largest absolute Gasteiger partial charge is 0.439 e. The van der Waals surface area contributed by atoms with Crippen molar-refractivity contribution in [2.45, 2.75) is 12.8 Å². The number of aromatic nitrogens is 1. The highest BCUT2D eigenvalue weighted by molar-refractivity contribution is 6.31. The second kappa shape index (κ2) is 5.68. The predicted molar refractivity (Wildman–Crippen MR) is 66.7 cm³/mol. The molecule has 3 nitrogen and oxygen atoms in total. The molecule has 0 aliphatic rings. The summed E-state index contributed by atoms with van der Waals surface area (Å²) < 4.78 is 42.5. The fourth-order valence-electron chi connectivity index (χ4n) is 1.46. The van der Waals surface area contributed by atoms with E-state index in [1.165, 1.54) is 24.3 Å². The maximum Gasteiger partial charge on any atom is 0.416 e. The molecule has 0 aliphatic carbocycles. The molecule has 0 spiro atoms. The van der Waals surface area contributed by atoms with Crippen molar-refractivity contribution in [1.29, 1.82) is 0 Å². The van der Waals surface area contributed by atoms with Gasteiger partial charge in [-0.3, -0.25) is 0 Å². The summed E-state index contributed by atoms with van der Waals surface area (Å²) in [4.78, 5) is 3.93. The summed E-state index contributed by atoms with van der Waals surface area (Å²) in [7, 11) is 0. The van der Waals surface area contributed by atoms with Crippen LogP contribution in [0.4, 0.5) is 13.2 Å². The number of alkyl halides is 3. The van der Waals surface area contributed by atoms with Crippen LogP contribution in [0.2, 0.25) is 5.02 Å². The first kappa shape index (κ1) is 14.6. The molecular formula is C13H9ClF3NO2. The molecule has 0 amide bonds. The summed E-state index contributed by atoms with van der Waals surface area (Å²) in [5.74, 6) is 0.343. The molecule has 0 radical (unpaired) electrons. The van der Waals surface area contributed by atoms with E-state index in [4.69, 9.17) is 21.4 Å². The zero-order valence-corrected chi connectivity index (χ0v) is 10.7. The lowest BCUT2D eigenvalue weighted by Crippen LogP contribution is -2.04. The molecule has 0 aliphatic heterocycles. The van der Waals surface area contributed by atoms with Crippen LogP contribution in [0.5, 0.6) is 11.6 Å². The number of aliphatic hydroxyl groups is 1. The maximum atomic E-state index is 12.4. The topological polar surface area (TPSA) is 42.4 Å². The quantitative estimate of drug-likeness (QED) is 0.930. The zero-order valence-electron chi connectivity index (χ0n) is 9.99. The van der Waals surface area contributed by atoms with Gasteiger partial charge in [0.05, 0.1) is 22.9 Å². The summed E-state index contributed by atoms with van der Waals surface area (Å²) in [6, 6.07) is 7.16. The Labute approximate surface area is 117 Å². The van der Waals surface area contributed by atoms with Crippen LogP contribution >= 0.6 is 11.6 Å². The van der Waals surface area contributed by atoms with Crippen molar-refractivity contribution in [2.75, 3.05) is 0 Å². The third-order valence-corrected chi connectivity index (χ3v) is 2.79. The first-order valence-electron chi connectivity index (χ1n) is 5.51. The highest BCUT2D eigenvalue weighted by Gasteiger charge is 2.30. The molecule has 7 heteroatoms. The standard InChI is InChI=1S/C13H9ClF3NO2/c14-10-5-6-12(18-11(10)7-19)20-9-3-1-8(2-4-9)13(15,16)17/h1-6,19H,7H2. The van der Waals surface area contributed by atoms with Gasteiger partial charge in [0.1, 0.15) is 5.75 Å². The van der Waals surface area contributed by atoms with E-state index >= 15 is 0 Å². The average Bonchev–Trinajstić information content (AvgIpc) is 2.40. The van der Waals surface area contributed by atoms with Crippen LogP contribution in [-0.4, -0.2) is 10.1 Å². The first-order valence-corrected chi connectivity index (χ1v) is 5.89. The summed E-state index contributed by atoms with van der Waals surface area (Å²) in [6.07, 6.45) is -4.39. The average molecular weight is 304 g/mol. The second-order valence-corrected chi connectivity index (χ2v) is 4.27. The molecule has 0 unspecified atom stereocenters. The fourth-order valence-corrected chi connectivity index (χ4v) is 1.63. The van der Waals surface area contributed by atoms with Gasteiger partial charge in [0.2, 0.25) is 5.88 Å². The minimum atomic E-state index is -4.39. The predicted octanol–water partition coefficient (Wildman–Crippen LogP) is 4.04. The summed E-state index contributed by atoms with van der Waals surface area (Å²) in [5, 5.41) is 9.29. The molecular weight excluding hydrogens is 295 g/mol. The van der Waals surface area contributed by atoms with Crippen LogP contribution in [-0.2, 0) is 12.8 Å². The Morgan fingerprint density at radius 2 is 1.75 bits per heavy atom. The highest BCUT2D eigenvalue weighted by Crippen LogP contribution is 2.31. The number of pyridine rings is 1. The van der Waals surface area contributed by atoms with Gasteiger partial charge in [-0.15, -0.1) is 0 Å². The summed E-state index contributed by atoms with van der Waals surface area (Å²) in [6.45, 7) is -0.358. The van der Waals surface area contributed by atoms with Crippen LogP contribution in [0.25, 0.3) is 0 Å². The van der Waals surface area contributed by atoms with Crippen LogP contribution in [0.15, 0.2) is 36.4 Å². The molecule has 1 aromatic heterocycles. The van der Waals surface area contributed by atoms with Gasteiger partial charge in [0.25, 0.3) is 0 Å². The van der Waals surface area contributed by atoms with Crippen molar-refractivity contribution < 1.29 is 23.0 Å². The number of hydrogen-bond acceptors (Lipinski definition) is 3. The SMILES string of the molecule is OCc1nc(Oc2ccc(C(F)(F)F)cc2)ccc1Cl. The minimum Gasteiger partial charge on any atom is -0.439 e. The Kier molecular flexibility index (Phi) is 4.15. The maximum absolute atomic E-state index is 12.4. The Balaban J connectivity index is 2.18. The summed E-state index contributed by atoms with van der Waals surface area (Å²) in [5.41, 5.74) is -0.527. The Hall–Kier alpha value is -1.79. The second-order valence-electron chi connectivity index (χ2n) is 3.86. The molecule has 1 aromatic carbocycles. The third-order valence-electron chi connectivity index (χ3n) is 2.45. The number of ether oxygens (including phenoxy) is 1. The van der Waals surface area contributed by atoms with Crippen molar-refractivity contribution in [2.24, 2.45) is 0 Å². The van der Waals surface area contributed by atoms with E-state index < -0.39 is 11.7 Å². The lowest BCUT2D eigenvalue weighted by atomic mass is 10.2. The van der Waals surface area contributed by atoms with Crippen molar-refractivity contribution in [3.05, 3.63) is 52.7 Å². The van der Waals surface area contributed by atoms with Crippen molar-refractivity contribution in [1.82, 2.24) is 4.98 Å². The van der Waals surface area contributed by atoms with Crippen LogP contribution < -0.4 is 4.74 Å². The van der Waals surface area contributed by atoms with E-state index in [1.807, 2.05) is 0 Å². The number of nitrogens with zero attached hydrogens (tertiary/aromatic N) is 1. The van der Waals surface area contributed by atoms with Gasteiger partial charge in [0.15, 0.2) is 0 Å². The molecule has 1 heterocycles. The minimum absolute atomic E-state index is 0.137. The van der Waals surface area contributed by atoms with E-state index in [2.05, 4.69) is 4.98 Å². The molecule has 2 aromatic rings. The molecule has 0 saturated carbocycles. The van der Waals surface area contributed by atoms with Crippen molar-refractivity contribution >= 4 is 11.6 Å². The smallest absolute Gasteiger partial charge is 0.416 e. The third kappa shape index (κ3) is 3.40.